The molecule has 2 rings (SSSR count). The zero-order valence-corrected chi connectivity index (χ0v) is 7.63. The summed E-state index contributed by atoms with van der Waals surface area (Å²) in [7, 11) is 0. The average Bonchev–Trinajstić information content (AvgIpc) is 2.53. The van der Waals surface area contributed by atoms with Crippen LogP contribution in [-0.2, 0) is 4.79 Å². The van der Waals surface area contributed by atoms with Crippen molar-refractivity contribution in [2.45, 2.75) is 23.1 Å². The Morgan fingerprint density at radius 2 is 1.83 bits per heavy atom. The smallest absolute Gasteiger partial charge is 0.323 e. The number of aliphatic carboxylic acids is 1. The van der Waals surface area contributed by atoms with E-state index >= 15 is 0 Å². The number of halogens is 1. The molecule has 12 heavy (non-hydrogen) atoms. The molecule has 0 saturated carbocycles. The van der Waals surface area contributed by atoms with Gasteiger partial charge in [-0.3, -0.25) is 4.79 Å². The van der Waals surface area contributed by atoms with Gasteiger partial charge in [-0.05, 0) is 0 Å². The van der Waals surface area contributed by atoms with Crippen LogP contribution in [0.1, 0.15) is 0 Å². The number of carboxylic acid groups (broad SMARTS) is 1. The number of carbonyl (C=O) groups is 1. The predicted molar refractivity (Wildman–Crippen MR) is 44.3 cm³/mol. The first-order chi connectivity index (χ1) is 5.70. The van der Waals surface area contributed by atoms with Crippen molar-refractivity contribution in [1.29, 1.82) is 0 Å². The highest BCUT2D eigenvalue weighted by Crippen LogP contribution is 2.18. The lowest BCUT2D eigenvalue weighted by Crippen LogP contribution is -2.48. The first-order valence-corrected chi connectivity index (χ1v) is 4.51. The van der Waals surface area contributed by atoms with Crippen molar-refractivity contribution in [2.24, 2.45) is 0 Å². The van der Waals surface area contributed by atoms with Gasteiger partial charge in [0.05, 0.1) is 17.0 Å². The van der Waals surface area contributed by atoms with Gasteiger partial charge in [-0.1, -0.05) is 15.9 Å². The fourth-order valence-corrected chi connectivity index (χ4v) is 2.08. The van der Waals surface area contributed by atoms with Gasteiger partial charge in [0.1, 0.15) is 6.04 Å². The Balaban J connectivity index is 2.10. The van der Waals surface area contributed by atoms with Crippen LogP contribution in [0.4, 0.5) is 0 Å². The van der Waals surface area contributed by atoms with Crippen LogP contribution in [0.3, 0.4) is 0 Å². The van der Waals surface area contributed by atoms with Crippen LogP contribution in [0.25, 0.3) is 0 Å². The Bertz CT molecular complexity index is 214. The topological polar surface area (TPSA) is 85.4 Å². The Morgan fingerprint density at radius 3 is 2.50 bits per heavy atom. The second-order valence-corrected chi connectivity index (χ2v) is 3.83. The molecule has 7 heteroatoms. The molecule has 68 valence electrons. The molecule has 6 nitrogen and oxygen atoms in total. The number of fused-ring (bicyclic) bond motifs is 1. The molecule has 0 bridgehead atoms. The van der Waals surface area contributed by atoms with E-state index in [9.17, 15) is 4.79 Å². The summed E-state index contributed by atoms with van der Waals surface area (Å²) in [6.45, 7) is 0. The summed E-state index contributed by atoms with van der Waals surface area (Å²) in [6, 6.07) is -0.636. The van der Waals surface area contributed by atoms with Crippen molar-refractivity contribution < 1.29 is 9.90 Å². The highest BCUT2D eigenvalue weighted by atomic mass is 79.9. The molecule has 0 spiro atoms. The van der Waals surface area contributed by atoms with E-state index in [0.29, 0.717) is 0 Å². The highest BCUT2D eigenvalue weighted by molar-refractivity contribution is 9.09. The quantitative estimate of drug-likeness (QED) is 0.271. The molecule has 2 heterocycles. The standard InChI is InChI=1S/C5H9BrN4O2/c6-4-2-1(7-10-4)3(5(11)12)9-8-2/h1-4,7-10H,(H,11,12). The predicted octanol–water partition coefficient (Wildman–Crippen LogP) is -1.89. The number of hydrogen-bond donors (Lipinski definition) is 5. The third-order valence-electron chi connectivity index (χ3n) is 2.12. The SMILES string of the molecule is O=C(O)C1NNC2C(Br)NNC12. The van der Waals surface area contributed by atoms with E-state index in [2.05, 4.69) is 37.6 Å². The lowest BCUT2D eigenvalue weighted by Gasteiger charge is -2.10. The first-order valence-electron chi connectivity index (χ1n) is 3.59. The van der Waals surface area contributed by atoms with Gasteiger partial charge in [0, 0.05) is 0 Å². The average molecular weight is 237 g/mol. The number of rotatable bonds is 1. The molecule has 0 aromatic heterocycles. The fraction of sp³-hybridized carbons (Fsp3) is 0.800. The minimum absolute atomic E-state index is 0.0550. The van der Waals surface area contributed by atoms with Crippen LogP contribution in [-0.4, -0.2) is 34.2 Å². The maximum absolute atomic E-state index is 10.7. The number of carboxylic acids is 1. The van der Waals surface area contributed by atoms with Gasteiger partial charge in [0.2, 0.25) is 0 Å². The van der Waals surface area contributed by atoms with Gasteiger partial charge in [-0.15, -0.1) is 0 Å². The summed E-state index contributed by atoms with van der Waals surface area (Å²) in [6.07, 6.45) is 0. The molecule has 0 aromatic carbocycles. The van der Waals surface area contributed by atoms with Gasteiger partial charge in [-0.2, -0.15) is 0 Å². The normalized spacial score (nSPS) is 46.1. The second kappa shape index (κ2) is 2.93. The lowest BCUT2D eigenvalue weighted by atomic mass is 10.1. The summed E-state index contributed by atoms with van der Waals surface area (Å²) >= 11 is 3.35. The van der Waals surface area contributed by atoms with Crippen molar-refractivity contribution in [2.75, 3.05) is 0 Å². The monoisotopic (exact) mass is 236 g/mol. The number of alkyl halides is 1. The van der Waals surface area contributed by atoms with Crippen LogP contribution >= 0.6 is 15.9 Å². The summed E-state index contributed by atoms with van der Waals surface area (Å²) in [5.74, 6) is -0.856. The lowest BCUT2D eigenvalue weighted by molar-refractivity contribution is -0.139. The van der Waals surface area contributed by atoms with E-state index in [1.807, 2.05) is 0 Å². The van der Waals surface area contributed by atoms with Crippen molar-refractivity contribution in [3.8, 4) is 0 Å². The Kier molecular flexibility index (Phi) is 2.05. The molecule has 4 atom stereocenters. The van der Waals surface area contributed by atoms with Crippen LogP contribution < -0.4 is 21.7 Å². The Hall–Kier alpha value is -0.210. The third-order valence-corrected chi connectivity index (χ3v) is 2.92. The van der Waals surface area contributed by atoms with Gasteiger partial charge >= 0.3 is 5.97 Å². The van der Waals surface area contributed by atoms with Crippen molar-refractivity contribution >= 4 is 21.9 Å². The third kappa shape index (κ3) is 1.14. The van der Waals surface area contributed by atoms with Gasteiger partial charge in [0.25, 0.3) is 0 Å². The van der Waals surface area contributed by atoms with Crippen LogP contribution in [0.15, 0.2) is 0 Å². The second-order valence-electron chi connectivity index (χ2n) is 2.85. The minimum atomic E-state index is -0.856. The molecular weight excluding hydrogens is 228 g/mol. The van der Waals surface area contributed by atoms with E-state index in [4.69, 9.17) is 5.11 Å². The Labute approximate surface area is 77.2 Å². The molecule has 0 aliphatic carbocycles. The molecule has 0 radical (unpaired) electrons. The molecule has 2 aliphatic rings. The van der Waals surface area contributed by atoms with Crippen LogP contribution in [0.2, 0.25) is 0 Å². The fourth-order valence-electron chi connectivity index (χ4n) is 1.48. The number of hydrogen-bond acceptors (Lipinski definition) is 5. The molecule has 0 aromatic rings. The largest absolute Gasteiger partial charge is 0.480 e. The van der Waals surface area contributed by atoms with Crippen LogP contribution in [0, 0.1) is 0 Å². The Morgan fingerprint density at radius 1 is 1.17 bits per heavy atom. The van der Waals surface area contributed by atoms with Gasteiger partial charge < -0.3 is 5.11 Å². The molecule has 5 N–H and O–H groups in total. The highest BCUT2D eigenvalue weighted by Gasteiger charge is 2.47. The van der Waals surface area contributed by atoms with E-state index in [-0.39, 0.29) is 17.0 Å². The van der Waals surface area contributed by atoms with Gasteiger partial charge in [0.15, 0.2) is 0 Å². The van der Waals surface area contributed by atoms with Crippen molar-refractivity contribution in [3.63, 3.8) is 0 Å². The summed E-state index contributed by atoms with van der Waals surface area (Å²) in [5, 5.41) is 8.76. The van der Waals surface area contributed by atoms with Gasteiger partial charge in [-0.25, -0.2) is 21.7 Å². The zero-order chi connectivity index (χ0) is 8.72. The molecule has 2 aliphatic heterocycles. The maximum Gasteiger partial charge on any atom is 0.323 e. The molecule has 2 saturated heterocycles. The number of hydrazine groups is 2. The molecular formula is C5H9BrN4O2. The van der Waals surface area contributed by atoms with E-state index < -0.39 is 12.0 Å². The van der Waals surface area contributed by atoms with E-state index in [0.717, 1.165) is 0 Å². The molecule has 0 amide bonds. The maximum atomic E-state index is 10.7. The van der Waals surface area contributed by atoms with Crippen molar-refractivity contribution in [3.05, 3.63) is 0 Å². The summed E-state index contributed by atoms with van der Waals surface area (Å²) in [5.41, 5.74) is 11.4. The van der Waals surface area contributed by atoms with Crippen molar-refractivity contribution in [1.82, 2.24) is 21.7 Å². The summed E-state index contributed by atoms with van der Waals surface area (Å²) < 4.78 is 0. The van der Waals surface area contributed by atoms with E-state index in [1.54, 1.807) is 0 Å². The van der Waals surface area contributed by atoms with E-state index in [1.165, 1.54) is 0 Å². The molecule has 2 fully saturated rings. The summed E-state index contributed by atoms with van der Waals surface area (Å²) in [4.78, 5) is 10.7. The molecule has 4 unspecified atom stereocenters. The first kappa shape index (κ1) is 8.39. The zero-order valence-electron chi connectivity index (χ0n) is 6.04. The minimum Gasteiger partial charge on any atom is -0.480 e. The number of nitrogens with one attached hydrogen (secondary N) is 4. The van der Waals surface area contributed by atoms with Crippen LogP contribution in [0.5, 0.6) is 0 Å².